The molecule has 88 valence electrons. The monoisotopic (exact) mass is 228 g/mol. The van der Waals surface area contributed by atoms with Crippen molar-refractivity contribution in [1.82, 2.24) is 0 Å². The van der Waals surface area contributed by atoms with E-state index in [0.29, 0.717) is 0 Å². The molecule has 0 radical (unpaired) electrons. The molecule has 0 bridgehead atoms. The van der Waals surface area contributed by atoms with E-state index in [9.17, 15) is 4.79 Å². The molecule has 0 spiro atoms. The Kier molecular flexibility index (Phi) is 2.50. The summed E-state index contributed by atoms with van der Waals surface area (Å²) in [7, 11) is 1.48. The predicted molar refractivity (Wildman–Crippen MR) is 66.4 cm³/mol. The fourth-order valence-corrected chi connectivity index (χ4v) is 3.09. The van der Waals surface area contributed by atoms with Crippen LogP contribution in [0.15, 0.2) is 29.8 Å². The molecule has 0 aliphatic heterocycles. The number of hydrogen-bond acceptors (Lipinski definition) is 2. The molecular weight excluding hydrogens is 212 g/mol. The average molecular weight is 228 g/mol. The highest BCUT2D eigenvalue weighted by atomic mass is 16.5. The number of benzene rings is 1. The molecule has 0 saturated heterocycles. The molecule has 1 aromatic rings. The van der Waals surface area contributed by atoms with Gasteiger partial charge in [-0.3, -0.25) is 4.79 Å². The van der Waals surface area contributed by atoms with Crippen LogP contribution in [-0.2, 0) is 16.0 Å². The van der Waals surface area contributed by atoms with Crippen molar-refractivity contribution in [2.24, 2.45) is 5.92 Å². The van der Waals surface area contributed by atoms with Gasteiger partial charge in [-0.15, -0.1) is 0 Å². The Hall–Kier alpha value is -1.57. The first kappa shape index (κ1) is 10.6. The van der Waals surface area contributed by atoms with Crippen LogP contribution in [0.1, 0.15) is 30.4 Å². The van der Waals surface area contributed by atoms with E-state index in [4.69, 9.17) is 4.74 Å². The van der Waals surface area contributed by atoms with Gasteiger partial charge in [0.2, 0.25) is 0 Å². The average Bonchev–Trinajstić information content (AvgIpc) is 2.75. The summed E-state index contributed by atoms with van der Waals surface area (Å²) in [5.41, 5.74) is 5.77. The minimum absolute atomic E-state index is 0.0486. The van der Waals surface area contributed by atoms with Crippen LogP contribution in [-0.4, -0.2) is 13.1 Å². The maximum atomic E-state index is 11.6. The van der Waals surface area contributed by atoms with Gasteiger partial charge in [-0.05, 0) is 42.4 Å². The highest BCUT2D eigenvalue weighted by Crippen LogP contribution is 2.43. The van der Waals surface area contributed by atoms with Gasteiger partial charge in [0.25, 0.3) is 0 Å². The molecule has 0 amide bonds. The molecule has 0 aromatic heterocycles. The highest BCUT2D eigenvalue weighted by Gasteiger charge is 2.31. The molecule has 17 heavy (non-hydrogen) atoms. The van der Waals surface area contributed by atoms with Crippen LogP contribution in [0.4, 0.5) is 0 Å². The standard InChI is InChI=1S/C15H16O2/c1-17-15(16)11-6-7-14-12(9-11)8-10-4-2-3-5-13(10)14/h2-5,11H,6-9H2,1H3. The van der Waals surface area contributed by atoms with Crippen LogP contribution in [0.3, 0.4) is 0 Å². The van der Waals surface area contributed by atoms with E-state index >= 15 is 0 Å². The van der Waals surface area contributed by atoms with Crippen molar-refractivity contribution >= 4 is 11.5 Å². The topological polar surface area (TPSA) is 26.3 Å². The minimum atomic E-state index is -0.0486. The van der Waals surface area contributed by atoms with Crippen LogP contribution in [0.5, 0.6) is 0 Å². The van der Waals surface area contributed by atoms with Crippen molar-refractivity contribution in [2.45, 2.75) is 25.7 Å². The highest BCUT2D eigenvalue weighted by molar-refractivity contribution is 5.80. The summed E-state index contributed by atoms with van der Waals surface area (Å²) >= 11 is 0. The third-order valence-corrected chi connectivity index (χ3v) is 3.94. The quantitative estimate of drug-likeness (QED) is 0.691. The lowest BCUT2D eigenvalue weighted by atomic mass is 9.84. The second-order valence-corrected chi connectivity index (χ2v) is 4.88. The van der Waals surface area contributed by atoms with E-state index in [1.807, 2.05) is 0 Å². The number of methoxy groups -OCH3 is 1. The molecular formula is C15H16O2. The van der Waals surface area contributed by atoms with Crippen LogP contribution < -0.4 is 0 Å². The second-order valence-electron chi connectivity index (χ2n) is 4.88. The van der Waals surface area contributed by atoms with Gasteiger partial charge in [0.05, 0.1) is 13.0 Å². The van der Waals surface area contributed by atoms with Crippen molar-refractivity contribution in [2.75, 3.05) is 7.11 Å². The summed E-state index contributed by atoms with van der Waals surface area (Å²) in [6.07, 6.45) is 3.86. The number of fused-ring (bicyclic) bond motifs is 2. The first-order valence-corrected chi connectivity index (χ1v) is 6.16. The van der Waals surface area contributed by atoms with Gasteiger partial charge >= 0.3 is 5.97 Å². The number of carbonyl (C=O) groups excluding carboxylic acids is 1. The first-order chi connectivity index (χ1) is 8.29. The Morgan fingerprint density at radius 1 is 1.35 bits per heavy atom. The minimum Gasteiger partial charge on any atom is -0.469 e. The molecule has 2 aliphatic carbocycles. The van der Waals surface area contributed by atoms with E-state index in [0.717, 1.165) is 25.7 Å². The van der Waals surface area contributed by atoms with Gasteiger partial charge < -0.3 is 4.74 Å². The Balaban J connectivity index is 1.88. The lowest BCUT2D eigenvalue weighted by Crippen LogP contribution is -2.19. The third-order valence-electron chi connectivity index (χ3n) is 3.94. The Labute approximate surface area is 101 Å². The molecule has 1 aromatic carbocycles. The van der Waals surface area contributed by atoms with E-state index in [2.05, 4.69) is 24.3 Å². The fourth-order valence-electron chi connectivity index (χ4n) is 3.09. The van der Waals surface area contributed by atoms with E-state index < -0.39 is 0 Å². The molecule has 0 saturated carbocycles. The summed E-state index contributed by atoms with van der Waals surface area (Å²) in [4.78, 5) is 11.6. The van der Waals surface area contributed by atoms with Gasteiger partial charge in [0.1, 0.15) is 0 Å². The molecule has 0 N–H and O–H groups in total. The Morgan fingerprint density at radius 3 is 3.00 bits per heavy atom. The number of esters is 1. The molecule has 3 rings (SSSR count). The number of ether oxygens (including phenoxy) is 1. The lowest BCUT2D eigenvalue weighted by Gasteiger charge is -2.22. The normalized spacial score (nSPS) is 22.1. The van der Waals surface area contributed by atoms with Crippen molar-refractivity contribution in [3.8, 4) is 0 Å². The largest absolute Gasteiger partial charge is 0.469 e. The number of rotatable bonds is 1. The van der Waals surface area contributed by atoms with Gasteiger partial charge in [0.15, 0.2) is 0 Å². The second kappa shape index (κ2) is 4.02. The summed E-state index contributed by atoms with van der Waals surface area (Å²) < 4.78 is 4.85. The molecule has 2 heteroatoms. The molecule has 2 aliphatic rings. The summed E-state index contributed by atoms with van der Waals surface area (Å²) in [6.45, 7) is 0. The first-order valence-electron chi connectivity index (χ1n) is 6.16. The van der Waals surface area contributed by atoms with Crippen molar-refractivity contribution in [1.29, 1.82) is 0 Å². The molecule has 1 unspecified atom stereocenters. The molecule has 1 atom stereocenters. The van der Waals surface area contributed by atoms with Gasteiger partial charge in [-0.25, -0.2) is 0 Å². The zero-order chi connectivity index (χ0) is 11.8. The maximum absolute atomic E-state index is 11.6. The zero-order valence-electron chi connectivity index (χ0n) is 10.0. The summed E-state index contributed by atoms with van der Waals surface area (Å²) in [6, 6.07) is 8.59. The van der Waals surface area contributed by atoms with Gasteiger partial charge in [-0.1, -0.05) is 29.8 Å². The maximum Gasteiger partial charge on any atom is 0.308 e. The molecule has 0 heterocycles. The number of hydrogen-bond donors (Lipinski definition) is 0. The third kappa shape index (κ3) is 1.68. The Morgan fingerprint density at radius 2 is 2.18 bits per heavy atom. The van der Waals surface area contributed by atoms with E-state index in [1.165, 1.54) is 29.4 Å². The van der Waals surface area contributed by atoms with Gasteiger partial charge in [-0.2, -0.15) is 0 Å². The smallest absolute Gasteiger partial charge is 0.308 e. The summed E-state index contributed by atoms with van der Waals surface area (Å²) in [5.74, 6) is 0.0283. The predicted octanol–water partition coefficient (Wildman–Crippen LogP) is 2.97. The molecule has 2 nitrogen and oxygen atoms in total. The van der Waals surface area contributed by atoms with Crippen molar-refractivity contribution in [3.05, 3.63) is 41.0 Å². The van der Waals surface area contributed by atoms with Crippen LogP contribution in [0.25, 0.3) is 5.57 Å². The van der Waals surface area contributed by atoms with Crippen molar-refractivity contribution < 1.29 is 9.53 Å². The number of allylic oxidation sites excluding steroid dienone is 2. The lowest BCUT2D eigenvalue weighted by molar-refractivity contribution is -0.145. The van der Waals surface area contributed by atoms with Gasteiger partial charge in [0, 0.05) is 0 Å². The SMILES string of the molecule is COC(=O)C1CCC2=C(Cc3ccccc32)C1. The summed E-state index contributed by atoms with van der Waals surface area (Å²) in [5, 5.41) is 0. The van der Waals surface area contributed by atoms with E-state index in [-0.39, 0.29) is 11.9 Å². The number of carbonyl (C=O) groups is 1. The van der Waals surface area contributed by atoms with Crippen molar-refractivity contribution in [3.63, 3.8) is 0 Å². The zero-order valence-corrected chi connectivity index (χ0v) is 10.0. The Bertz CT molecular complexity index is 499. The van der Waals surface area contributed by atoms with Crippen LogP contribution in [0, 0.1) is 5.92 Å². The van der Waals surface area contributed by atoms with Crippen LogP contribution >= 0.6 is 0 Å². The molecule has 0 fully saturated rings. The fraction of sp³-hybridized carbons (Fsp3) is 0.400. The van der Waals surface area contributed by atoms with Crippen LogP contribution in [0.2, 0.25) is 0 Å². The van der Waals surface area contributed by atoms with E-state index in [1.54, 1.807) is 0 Å².